The maximum atomic E-state index is 13.3. The zero-order valence-electron chi connectivity index (χ0n) is 9.41. The van der Waals surface area contributed by atoms with Crippen LogP contribution in [0.15, 0.2) is 18.2 Å². The summed E-state index contributed by atoms with van der Waals surface area (Å²) in [6.45, 7) is -0.415. The van der Waals surface area contributed by atoms with Crippen LogP contribution in [0.4, 0.5) is 10.1 Å². The van der Waals surface area contributed by atoms with Crippen LogP contribution in [0.2, 0.25) is 5.02 Å². The lowest BCUT2D eigenvalue weighted by Gasteiger charge is -2.07. The van der Waals surface area contributed by atoms with Crippen LogP contribution in [0.5, 0.6) is 0 Å². The Morgan fingerprint density at radius 1 is 1.44 bits per heavy atom. The third-order valence-electron chi connectivity index (χ3n) is 2.46. The molecule has 0 heterocycles. The van der Waals surface area contributed by atoms with Gasteiger partial charge in [-0.25, -0.2) is 4.39 Å². The monoisotopic (exact) mass is 271 g/mol. The number of halogens is 2. The van der Waals surface area contributed by atoms with E-state index in [0.29, 0.717) is 5.02 Å². The molecule has 96 valence electrons. The highest BCUT2D eigenvalue weighted by molar-refractivity contribution is 6.30. The lowest BCUT2D eigenvalue weighted by atomic mass is 10.3. The second-order valence-electron chi connectivity index (χ2n) is 4.05. The smallest absolute Gasteiger partial charge is 0.309 e. The number of ether oxygens (including phenoxy) is 1. The molecule has 0 saturated heterocycles. The molecule has 0 aromatic heterocycles. The predicted molar refractivity (Wildman–Crippen MR) is 63.7 cm³/mol. The van der Waals surface area contributed by atoms with Gasteiger partial charge in [0.25, 0.3) is 5.91 Å². The molecule has 1 N–H and O–H groups in total. The van der Waals surface area contributed by atoms with Gasteiger partial charge in [-0.3, -0.25) is 9.59 Å². The van der Waals surface area contributed by atoms with Crippen LogP contribution >= 0.6 is 11.6 Å². The minimum Gasteiger partial charge on any atom is -0.455 e. The molecule has 0 bridgehead atoms. The van der Waals surface area contributed by atoms with Gasteiger partial charge in [-0.2, -0.15) is 0 Å². The Morgan fingerprint density at radius 2 is 2.17 bits per heavy atom. The van der Waals surface area contributed by atoms with Crippen LogP contribution in [0.25, 0.3) is 0 Å². The van der Waals surface area contributed by atoms with Crippen molar-refractivity contribution in [2.24, 2.45) is 5.92 Å². The first kappa shape index (κ1) is 12.8. The number of nitrogens with one attached hydrogen (secondary N) is 1. The average molecular weight is 272 g/mol. The second kappa shape index (κ2) is 5.35. The Balaban J connectivity index is 1.86. The molecule has 18 heavy (non-hydrogen) atoms. The van der Waals surface area contributed by atoms with Gasteiger partial charge in [0, 0.05) is 5.02 Å². The summed E-state index contributed by atoms with van der Waals surface area (Å²) in [7, 11) is 0. The molecule has 0 radical (unpaired) electrons. The number of carbonyl (C=O) groups excluding carboxylic acids is 2. The third-order valence-corrected chi connectivity index (χ3v) is 2.69. The highest BCUT2D eigenvalue weighted by Gasteiger charge is 2.31. The van der Waals surface area contributed by atoms with Gasteiger partial charge in [-0.15, -0.1) is 0 Å². The van der Waals surface area contributed by atoms with E-state index in [1.807, 2.05) is 0 Å². The largest absolute Gasteiger partial charge is 0.455 e. The molecule has 1 aromatic carbocycles. The van der Waals surface area contributed by atoms with Crippen LogP contribution in [0, 0.1) is 11.7 Å². The molecule has 0 atom stereocenters. The number of hydrogen-bond acceptors (Lipinski definition) is 3. The first-order valence-electron chi connectivity index (χ1n) is 5.48. The van der Waals surface area contributed by atoms with Gasteiger partial charge in [-0.1, -0.05) is 11.6 Å². The number of carbonyl (C=O) groups is 2. The number of anilines is 1. The van der Waals surface area contributed by atoms with Crippen LogP contribution in [0.1, 0.15) is 12.8 Å². The van der Waals surface area contributed by atoms with Crippen LogP contribution < -0.4 is 5.32 Å². The molecule has 1 aromatic rings. The third kappa shape index (κ3) is 3.43. The van der Waals surface area contributed by atoms with Crippen molar-refractivity contribution in [3.8, 4) is 0 Å². The van der Waals surface area contributed by atoms with Crippen molar-refractivity contribution >= 4 is 29.2 Å². The van der Waals surface area contributed by atoms with Crippen molar-refractivity contribution in [1.82, 2.24) is 0 Å². The van der Waals surface area contributed by atoms with E-state index in [-0.39, 0.29) is 17.6 Å². The normalized spacial score (nSPS) is 14.1. The fraction of sp³-hybridized carbons (Fsp3) is 0.333. The van der Waals surface area contributed by atoms with Crippen LogP contribution in [0.3, 0.4) is 0 Å². The number of rotatable bonds is 4. The fourth-order valence-corrected chi connectivity index (χ4v) is 1.53. The van der Waals surface area contributed by atoms with E-state index in [1.165, 1.54) is 12.1 Å². The number of hydrogen-bond donors (Lipinski definition) is 1. The average Bonchev–Trinajstić information content (AvgIpc) is 3.15. The summed E-state index contributed by atoms with van der Waals surface area (Å²) < 4.78 is 18.0. The fourth-order valence-electron chi connectivity index (χ4n) is 1.35. The molecule has 1 aliphatic carbocycles. The molecular weight excluding hydrogens is 261 g/mol. The highest BCUT2D eigenvalue weighted by atomic mass is 35.5. The summed E-state index contributed by atoms with van der Waals surface area (Å²) in [6.07, 6.45) is 1.62. The van der Waals surface area contributed by atoms with Crippen molar-refractivity contribution in [3.63, 3.8) is 0 Å². The topological polar surface area (TPSA) is 55.4 Å². The quantitative estimate of drug-likeness (QED) is 0.856. The molecule has 0 spiro atoms. The van der Waals surface area contributed by atoms with E-state index < -0.39 is 18.3 Å². The van der Waals surface area contributed by atoms with Gasteiger partial charge in [0.05, 0.1) is 11.6 Å². The van der Waals surface area contributed by atoms with Crippen molar-refractivity contribution < 1.29 is 18.7 Å². The summed E-state index contributed by atoms with van der Waals surface area (Å²) in [5.41, 5.74) is -0.0324. The Bertz CT molecular complexity index is 488. The molecule has 2 rings (SSSR count). The molecule has 1 fully saturated rings. The first-order chi connectivity index (χ1) is 8.56. The Labute approximate surface area is 108 Å². The summed E-state index contributed by atoms with van der Waals surface area (Å²) in [5, 5.41) is 2.60. The summed E-state index contributed by atoms with van der Waals surface area (Å²) in [6, 6.07) is 3.81. The number of benzene rings is 1. The predicted octanol–water partition coefficient (Wildman–Crippen LogP) is 2.37. The highest BCUT2D eigenvalue weighted by Crippen LogP contribution is 2.30. The Kier molecular flexibility index (Phi) is 3.81. The second-order valence-corrected chi connectivity index (χ2v) is 4.49. The molecule has 1 amide bonds. The van der Waals surface area contributed by atoms with Gasteiger partial charge in [0.1, 0.15) is 5.82 Å². The minimum absolute atomic E-state index is 0.0324. The van der Waals surface area contributed by atoms with Crippen molar-refractivity contribution in [2.45, 2.75) is 12.8 Å². The summed E-state index contributed by atoms with van der Waals surface area (Å²) in [4.78, 5) is 22.6. The van der Waals surface area contributed by atoms with E-state index in [1.54, 1.807) is 0 Å². The van der Waals surface area contributed by atoms with E-state index in [4.69, 9.17) is 16.3 Å². The van der Waals surface area contributed by atoms with Crippen LogP contribution in [-0.4, -0.2) is 18.5 Å². The zero-order chi connectivity index (χ0) is 13.1. The van der Waals surface area contributed by atoms with Crippen molar-refractivity contribution in [2.75, 3.05) is 11.9 Å². The van der Waals surface area contributed by atoms with Gasteiger partial charge in [-0.05, 0) is 31.0 Å². The maximum Gasteiger partial charge on any atom is 0.309 e. The van der Waals surface area contributed by atoms with Gasteiger partial charge in [0.2, 0.25) is 0 Å². The standard InChI is InChI=1S/C12H11ClFNO3/c13-8-3-4-9(14)10(5-8)15-11(16)6-18-12(17)7-1-2-7/h3-5,7H,1-2,6H2,(H,15,16). The van der Waals surface area contributed by atoms with Gasteiger partial charge < -0.3 is 10.1 Å². The van der Waals surface area contributed by atoms with Gasteiger partial charge in [0.15, 0.2) is 6.61 Å². The minimum atomic E-state index is -0.596. The van der Waals surface area contributed by atoms with Crippen molar-refractivity contribution in [1.29, 1.82) is 0 Å². The molecule has 6 heteroatoms. The first-order valence-corrected chi connectivity index (χ1v) is 5.85. The van der Waals surface area contributed by atoms with Crippen LogP contribution in [-0.2, 0) is 14.3 Å². The maximum absolute atomic E-state index is 13.3. The molecule has 1 saturated carbocycles. The lowest BCUT2D eigenvalue weighted by molar-refractivity contribution is -0.148. The lowest BCUT2D eigenvalue weighted by Crippen LogP contribution is -2.22. The van der Waals surface area contributed by atoms with E-state index >= 15 is 0 Å². The SMILES string of the molecule is O=C(COC(=O)C1CC1)Nc1cc(Cl)ccc1F. The number of amides is 1. The molecule has 0 unspecified atom stereocenters. The summed E-state index contributed by atoms with van der Waals surface area (Å²) in [5.74, 6) is -1.64. The Hall–Kier alpha value is -1.62. The van der Waals surface area contributed by atoms with E-state index in [0.717, 1.165) is 18.9 Å². The van der Waals surface area contributed by atoms with E-state index in [2.05, 4.69) is 5.32 Å². The zero-order valence-corrected chi connectivity index (χ0v) is 10.2. The molecule has 0 aliphatic heterocycles. The Morgan fingerprint density at radius 3 is 2.83 bits per heavy atom. The molecule has 4 nitrogen and oxygen atoms in total. The molecule has 1 aliphatic rings. The van der Waals surface area contributed by atoms with Crippen molar-refractivity contribution in [3.05, 3.63) is 29.0 Å². The molecular formula is C12H11ClFNO3. The summed E-state index contributed by atoms with van der Waals surface area (Å²) >= 11 is 5.67. The number of esters is 1. The van der Waals surface area contributed by atoms with Gasteiger partial charge >= 0.3 is 5.97 Å². The van der Waals surface area contributed by atoms with E-state index in [9.17, 15) is 14.0 Å².